The summed E-state index contributed by atoms with van der Waals surface area (Å²) in [5, 5.41) is 5.99. The summed E-state index contributed by atoms with van der Waals surface area (Å²) in [6.45, 7) is 2.53. The number of nitrogens with zero attached hydrogens (tertiary/aromatic N) is 1. The first-order chi connectivity index (χ1) is 13.7. The van der Waals surface area contributed by atoms with Crippen LogP contribution in [0.25, 0.3) is 0 Å². The van der Waals surface area contributed by atoms with Crippen LogP contribution in [0, 0.1) is 22.1 Å². The summed E-state index contributed by atoms with van der Waals surface area (Å²) >= 11 is 2.15. The molecule has 0 atom stereocenters. The molecular weight excluding hydrogens is 513 g/mol. The lowest BCUT2D eigenvalue weighted by atomic mass is 10.1. The minimum atomic E-state index is -3.90. The summed E-state index contributed by atoms with van der Waals surface area (Å²) in [6.07, 6.45) is 1.37. The maximum absolute atomic E-state index is 14.6. The van der Waals surface area contributed by atoms with Gasteiger partial charge in [-0.05, 0) is 85.3 Å². The van der Waals surface area contributed by atoms with Crippen molar-refractivity contribution in [2.24, 2.45) is 0 Å². The average Bonchev–Trinajstić information content (AvgIpc) is 2.69. The average molecular weight is 536 g/mol. The van der Waals surface area contributed by atoms with Crippen molar-refractivity contribution in [3.05, 3.63) is 51.1 Å². The Kier molecular flexibility index (Phi) is 6.97. The first kappa shape index (κ1) is 22.2. The van der Waals surface area contributed by atoms with Gasteiger partial charge in [0.1, 0.15) is 5.69 Å². The molecule has 1 saturated heterocycles. The Labute approximate surface area is 183 Å². The molecule has 0 amide bonds. The summed E-state index contributed by atoms with van der Waals surface area (Å²) in [5.74, 6) is -2.20. The van der Waals surface area contributed by atoms with E-state index < -0.39 is 21.8 Å². The van der Waals surface area contributed by atoms with Gasteiger partial charge in [-0.15, -0.1) is 0 Å². The van der Waals surface area contributed by atoms with Crippen LogP contribution in [0.2, 0.25) is 0 Å². The summed E-state index contributed by atoms with van der Waals surface area (Å²) in [7, 11) is -2.06. The lowest BCUT2D eigenvalue weighted by molar-refractivity contribution is 0.300. The van der Waals surface area contributed by atoms with Crippen LogP contribution in [0.3, 0.4) is 0 Å². The second-order valence-corrected chi connectivity index (χ2v) is 9.85. The van der Waals surface area contributed by atoms with Crippen LogP contribution in [0.5, 0.6) is 0 Å². The molecule has 29 heavy (non-hydrogen) atoms. The molecule has 3 N–H and O–H groups in total. The van der Waals surface area contributed by atoms with Crippen molar-refractivity contribution in [1.82, 2.24) is 9.62 Å². The van der Waals surface area contributed by atoms with Gasteiger partial charge in [0.05, 0.1) is 5.69 Å². The Morgan fingerprint density at radius 3 is 2.38 bits per heavy atom. The van der Waals surface area contributed by atoms with Gasteiger partial charge < -0.3 is 10.6 Å². The third kappa shape index (κ3) is 5.16. The van der Waals surface area contributed by atoms with Gasteiger partial charge in [0.15, 0.2) is 11.6 Å². The summed E-state index contributed by atoms with van der Waals surface area (Å²) in [4.78, 5) is 0. The van der Waals surface area contributed by atoms with Crippen molar-refractivity contribution in [3.8, 4) is 0 Å². The summed E-state index contributed by atoms with van der Waals surface area (Å²) in [6, 6.07) is 7.85. The van der Waals surface area contributed by atoms with Gasteiger partial charge in [0, 0.05) is 28.4 Å². The molecule has 158 valence electrons. The Balaban J connectivity index is 1.88. The van der Waals surface area contributed by atoms with E-state index in [0.29, 0.717) is 31.6 Å². The minimum absolute atomic E-state index is 0.0439. The van der Waals surface area contributed by atoms with Crippen LogP contribution in [0.4, 0.5) is 25.8 Å². The Morgan fingerprint density at radius 1 is 1.10 bits per heavy atom. The number of anilines is 3. The highest BCUT2D eigenvalue weighted by molar-refractivity contribution is 14.1. The maximum Gasteiger partial charge on any atom is 0.301 e. The number of hydrogen-bond acceptors (Lipinski definition) is 4. The molecule has 1 aliphatic rings. The van der Waals surface area contributed by atoms with Gasteiger partial charge >= 0.3 is 10.2 Å². The van der Waals surface area contributed by atoms with Gasteiger partial charge in [-0.25, -0.2) is 8.78 Å². The van der Waals surface area contributed by atoms with E-state index in [0.717, 1.165) is 15.2 Å². The molecule has 6 nitrogen and oxygen atoms in total. The van der Waals surface area contributed by atoms with Crippen LogP contribution in [0.1, 0.15) is 18.4 Å². The summed E-state index contributed by atoms with van der Waals surface area (Å²) < 4.78 is 58.8. The molecular formula is C19H23F2IN4O2S. The van der Waals surface area contributed by atoms with Crippen molar-refractivity contribution in [2.75, 3.05) is 30.2 Å². The molecule has 2 aromatic rings. The van der Waals surface area contributed by atoms with E-state index in [-0.39, 0.29) is 17.4 Å². The number of piperidine rings is 1. The third-order valence-corrected chi connectivity index (χ3v) is 7.18. The van der Waals surface area contributed by atoms with Crippen LogP contribution in [-0.4, -0.2) is 38.9 Å². The van der Waals surface area contributed by atoms with Crippen molar-refractivity contribution in [2.45, 2.75) is 25.8 Å². The predicted octanol–water partition coefficient (Wildman–Crippen LogP) is 3.96. The largest absolute Gasteiger partial charge is 0.351 e. The highest BCUT2D eigenvalue weighted by Gasteiger charge is 2.28. The normalized spacial score (nSPS) is 16.0. The highest BCUT2D eigenvalue weighted by Crippen LogP contribution is 2.33. The van der Waals surface area contributed by atoms with Gasteiger partial charge in [-0.1, -0.05) is 0 Å². The monoisotopic (exact) mass is 536 g/mol. The zero-order chi connectivity index (χ0) is 21.2. The van der Waals surface area contributed by atoms with Crippen LogP contribution >= 0.6 is 22.6 Å². The number of nitrogens with one attached hydrogen (secondary N) is 3. The molecule has 0 aromatic heterocycles. The molecule has 10 heteroatoms. The van der Waals surface area contributed by atoms with Crippen molar-refractivity contribution in [3.63, 3.8) is 0 Å². The van der Waals surface area contributed by atoms with Crippen molar-refractivity contribution < 1.29 is 17.2 Å². The number of aryl methyl sites for hydroxylation is 1. The number of halogens is 3. The first-order valence-electron chi connectivity index (χ1n) is 9.17. The molecule has 0 unspecified atom stereocenters. The molecule has 0 radical (unpaired) electrons. The zero-order valence-electron chi connectivity index (χ0n) is 16.1. The molecule has 0 bridgehead atoms. The van der Waals surface area contributed by atoms with Crippen LogP contribution in [0.15, 0.2) is 30.3 Å². The van der Waals surface area contributed by atoms with Gasteiger partial charge in [0.2, 0.25) is 0 Å². The predicted molar refractivity (Wildman–Crippen MR) is 120 cm³/mol. The quantitative estimate of drug-likeness (QED) is 0.489. The van der Waals surface area contributed by atoms with E-state index in [4.69, 9.17) is 0 Å². The molecule has 0 spiro atoms. The lowest BCUT2D eigenvalue weighted by Crippen LogP contribution is -2.45. The number of benzene rings is 2. The van der Waals surface area contributed by atoms with E-state index in [9.17, 15) is 17.2 Å². The standard InChI is InChI=1S/C19H23F2IN4O2S/c1-12-11-13(22)3-5-16(12)24-19-17(6-4-15(20)18(19)21)25-29(27,28)26-9-7-14(23-2)8-10-26/h3-6,11,14,23-25H,7-10H2,1-2H3. The van der Waals surface area contributed by atoms with Crippen molar-refractivity contribution >= 4 is 49.9 Å². The topological polar surface area (TPSA) is 73.5 Å². The second-order valence-electron chi connectivity index (χ2n) is 6.94. The van der Waals surface area contributed by atoms with Gasteiger partial charge in [-0.3, -0.25) is 4.72 Å². The van der Waals surface area contributed by atoms with E-state index in [2.05, 4.69) is 37.9 Å². The summed E-state index contributed by atoms with van der Waals surface area (Å²) in [5.41, 5.74) is 1.09. The fourth-order valence-electron chi connectivity index (χ4n) is 3.25. The molecule has 1 fully saturated rings. The fraction of sp³-hybridized carbons (Fsp3) is 0.368. The van der Waals surface area contributed by atoms with Crippen LogP contribution in [-0.2, 0) is 10.2 Å². The van der Waals surface area contributed by atoms with E-state index in [1.165, 1.54) is 10.4 Å². The first-order valence-corrected chi connectivity index (χ1v) is 11.7. The van der Waals surface area contributed by atoms with Gasteiger partial charge in [-0.2, -0.15) is 12.7 Å². The molecule has 3 rings (SSSR count). The molecule has 1 heterocycles. The Bertz CT molecular complexity index is 996. The van der Waals surface area contributed by atoms with E-state index >= 15 is 0 Å². The van der Waals surface area contributed by atoms with Gasteiger partial charge in [0.25, 0.3) is 0 Å². The second kappa shape index (κ2) is 9.11. The number of hydrogen-bond donors (Lipinski definition) is 3. The Morgan fingerprint density at radius 2 is 1.76 bits per heavy atom. The highest BCUT2D eigenvalue weighted by atomic mass is 127. The zero-order valence-corrected chi connectivity index (χ0v) is 19.1. The maximum atomic E-state index is 14.6. The lowest BCUT2D eigenvalue weighted by Gasteiger charge is -2.31. The molecule has 0 saturated carbocycles. The minimum Gasteiger partial charge on any atom is -0.351 e. The molecule has 2 aromatic carbocycles. The van der Waals surface area contributed by atoms with E-state index in [1.54, 1.807) is 6.07 Å². The molecule has 1 aliphatic heterocycles. The third-order valence-electron chi connectivity index (χ3n) is 4.98. The number of rotatable bonds is 6. The van der Waals surface area contributed by atoms with E-state index in [1.807, 2.05) is 26.1 Å². The Hall–Kier alpha value is -1.50. The molecule has 0 aliphatic carbocycles. The smallest absolute Gasteiger partial charge is 0.301 e. The van der Waals surface area contributed by atoms with Crippen LogP contribution < -0.4 is 15.4 Å². The SMILES string of the molecule is CNC1CCN(S(=O)(=O)Nc2ccc(F)c(F)c2Nc2ccc(I)cc2C)CC1. The fourth-order valence-corrected chi connectivity index (χ4v) is 5.16. The van der Waals surface area contributed by atoms with Crippen molar-refractivity contribution in [1.29, 1.82) is 0 Å².